The lowest BCUT2D eigenvalue weighted by atomic mass is 9.51. The second kappa shape index (κ2) is 11.1. The summed E-state index contributed by atoms with van der Waals surface area (Å²) in [6.07, 6.45) is 3.96. The van der Waals surface area contributed by atoms with Crippen molar-refractivity contribution in [2.24, 2.45) is 29.1 Å². The predicted octanol–water partition coefficient (Wildman–Crippen LogP) is 6.93. The normalized spacial score (nSPS) is 28.2. The van der Waals surface area contributed by atoms with Crippen molar-refractivity contribution < 1.29 is 33.4 Å². The van der Waals surface area contributed by atoms with Gasteiger partial charge in [0.25, 0.3) is 0 Å². The molecule has 47 heavy (non-hydrogen) atoms. The van der Waals surface area contributed by atoms with Gasteiger partial charge in [-0.05, 0) is 79.3 Å². The highest BCUT2D eigenvalue weighted by atomic mass is 35.5. The number of phenolic OH excluding ortho intramolecular Hbond substituents is 1. The number of benzene rings is 3. The van der Waals surface area contributed by atoms with Crippen LogP contribution in [0.2, 0.25) is 10.0 Å². The average molecular weight is 676 g/mol. The minimum Gasteiger partial charge on any atom is -0.503 e. The molecule has 2 saturated heterocycles. The molecule has 6 atom stereocenters. The summed E-state index contributed by atoms with van der Waals surface area (Å²) in [7, 11) is 1.37. The summed E-state index contributed by atoms with van der Waals surface area (Å²) in [6.45, 7) is 5.47. The van der Waals surface area contributed by atoms with E-state index in [1.165, 1.54) is 30.2 Å². The smallest absolute Gasteiger partial charge is 0.241 e. The quantitative estimate of drug-likeness (QED) is 0.233. The van der Waals surface area contributed by atoms with Gasteiger partial charge in [0.15, 0.2) is 11.5 Å². The Morgan fingerprint density at radius 3 is 2.30 bits per heavy atom. The van der Waals surface area contributed by atoms with Crippen LogP contribution in [0.4, 0.5) is 15.8 Å². The van der Waals surface area contributed by atoms with E-state index < -0.39 is 52.6 Å². The van der Waals surface area contributed by atoms with Gasteiger partial charge in [-0.2, -0.15) is 0 Å². The number of rotatable bonds is 5. The fourth-order valence-corrected chi connectivity index (χ4v) is 8.59. The van der Waals surface area contributed by atoms with Crippen LogP contribution in [0.3, 0.4) is 0 Å². The van der Waals surface area contributed by atoms with E-state index in [1.807, 2.05) is 6.08 Å². The summed E-state index contributed by atoms with van der Waals surface area (Å²) in [6, 6.07) is 13.7. The summed E-state index contributed by atoms with van der Waals surface area (Å²) in [5.74, 6) is -6.36. The first-order chi connectivity index (χ1) is 22.4. The second-order valence-corrected chi connectivity index (χ2v) is 13.4. The molecule has 3 fully saturated rings. The van der Waals surface area contributed by atoms with E-state index in [-0.39, 0.29) is 51.9 Å². The number of phenols is 1. The number of hydrogen-bond acceptors (Lipinski definition) is 6. The molecule has 4 aliphatic rings. The summed E-state index contributed by atoms with van der Waals surface area (Å²) in [4.78, 5) is 59.2. The number of amides is 4. The van der Waals surface area contributed by atoms with Crippen LogP contribution in [0.5, 0.6) is 11.5 Å². The van der Waals surface area contributed by atoms with Crippen LogP contribution in [-0.4, -0.2) is 35.8 Å². The molecule has 4 amide bonds. The number of allylic oxidation sites excluding steroid dienone is 2. The van der Waals surface area contributed by atoms with E-state index in [9.17, 15) is 28.7 Å². The van der Waals surface area contributed by atoms with Crippen LogP contribution in [0.1, 0.15) is 36.8 Å². The molecule has 1 N–H and O–H groups in total. The molecule has 8 nitrogen and oxygen atoms in total. The number of halogens is 3. The van der Waals surface area contributed by atoms with Gasteiger partial charge in [0.1, 0.15) is 5.82 Å². The van der Waals surface area contributed by atoms with Gasteiger partial charge in [-0.25, -0.2) is 9.29 Å². The van der Waals surface area contributed by atoms with Crippen LogP contribution in [0.15, 0.2) is 72.8 Å². The van der Waals surface area contributed by atoms with E-state index >= 15 is 0 Å². The highest BCUT2D eigenvalue weighted by molar-refractivity contribution is 6.32. The Morgan fingerprint density at radius 1 is 0.936 bits per heavy atom. The van der Waals surface area contributed by atoms with Crippen LogP contribution in [0, 0.1) is 34.9 Å². The first-order valence-corrected chi connectivity index (χ1v) is 15.9. The minimum atomic E-state index is -1.38. The van der Waals surface area contributed by atoms with Gasteiger partial charge in [0.05, 0.1) is 51.7 Å². The number of ether oxygens (including phenoxy) is 1. The summed E-state index contributed by atoms with van der Waals surface area (Å²) >= 11 is 12.5. The molecule has 0 aromatic heterocycles. The molecule has 3 aromatic rings. The molecule has 7 rings (SSSR count). The maximum atomic E-state index is 14.6. The van der Waals surface area contributed by atoms with Crippen LogP contribution < -0.4 is 14.5 Å². The molecule has 2 aliphatic carbocycles. The summed E-state index contributed by atoms with van der Waals surface area (Å²) in [5.41, 5.74) is 1.25. The molecule has 2 aliphatic heterocycles. The van der Waals surface area contributed by atoms with Gasteiger partial charge in [0, 0.05) is 5.92 Å². The number of hydrogen-bond donors (Lipinski definition) is 1. The van der Waals surface area contributed by atoms with Gasteiger partial charge in [-0.3, -0.25) is 24.1 Å². The Morgan fingerprint density at radius 2 is 1.64 bits per heavy atom. The van der Waals surface area contributed by atoms with Gasteiger partial charge in [0.2, 0.25) is 23.6 Å². The third-order valence-electron chi connectivity index (χ3n) is 10.4. The van der Waals surface area contributed by atoms with Gasteiger partial charge in [-0.15, -0.1) is 0 Å². The third kappa shape index (κ3) is 4.39. The Hall–Kier alpha value is -4.47. The van der Waals surface area contributed by atoms with Crippen molar-refractivity contribution in [1.29, 1.82) is 0 Å². The van der Waals surface area contributed by atoms with Crippen molar-refractivity contribution in [1.82, 2.24) is 0 Å². The van der Waals surface area contributed by atoms with Crippen LogP contribution >= 0.6 is 23.2 Å². The molecule has 0 spiro atoms. The van der Waals surface area contributed by atoms with Gasteiger partial charge in [-0.1, -0.05) is 59.6 Å². The Kier molecular flexibility index (Phi) is 7.33. The zero-order valence-corrected chi connectivity index (χ0v) is 26.9. The van der Waals surface area contributed by atoms with E-state index in [0.717, 1.165) is 22.1 Å². The van der Waals surface area contributed by atoms with E-state index in [2.05, 4.69) is 6.58 Å². The molecule has 0 unspecified atom stereocenters. The number of carbonyl (C=O) groups excluding carboxylic acids is 4. The second-order valence-electron chi connectivity index (χ2n) is 12.6. The van der Waals surface area contributed by atoms with E-state index in [1.54, 1.807) is 43.3 Å². The van der Waals surface area contributed by atoms with E-state index in [0.29, 0.717) is 11.3 Å². The average Bonchev–Trinajstić information content (AvgIpc) is 3.43. The molecule has 11 heteroatoms. The fraction of sp³-hybridized carbons (Fsp3) is 0.278. The number of aromatic hydroxyl groups is 1. The summed E-state index contributed by atoms with van der Waals surface area (Å²) in [5, 5.41) is 10.3. The lowest BCUT2D eigenvalue weighted by Gasteiger charge is -2.49. The van der Waals surface area contributed by atoms with E-state index in [4.69, 9.17) is 27.9 Å². The zero-order valence-electron chi connectivity index (χ0n) is 25.4. The topological polar surface area (TPSA) is 104 Å². The predicted molar refractivity (Wildman–Crippen MR) is 175 cm³/mol. The van der Waals surface area contributed by atoms with Crippen LogP contribution in [-0.2, 0) is 19.2 Å². The fourth-order valence-electron chi connectivity index (χ4n) is 8.20. The number of anilines is 2. The Bertz CT molecular complexity index is 1940. The molecule has 2 heterocycles. The third-order valence-corrected chi connectivity index (χ3v) is 11.0. The van der Waals surface area contributed by atoms with Crippen molar-refractivity contribution in [2.75, 3.05) is 16.9 Å². The lowest BCUT2D eigenvalue weighted by molar-refractivity contribution is -0.131. The van der Waals surface area contributed by atoms with Gasteiger partial charge >= 0.3 is 0 Å². The lowest BCUT2D eigenvalue weighted by Crippen LogP contribution is -2.48. The molecule has 3 aromatic carbocycles. The molecule has 0 radical (unpaired) electrons. The molecule has 240 valence electrons. The Balaban J connectivity index is 1.38. The molecule has 0 bridgehead atoms. The van der Waals surface area contributed by atoms with Crippen molar-refractivity contribution in [3.63, 3.8) is 0 Å². The van der Waals surface area contributed by atoms with Crippen molar-refractivity contribution in [3.8, 4) is 11.5 Å². The number of methoxy groups -OCH3 is 1. The minimum absolute atomic E-state index is 0.0175. The monoisotopic (exact) mass is 674 g/mol. The van der Waals surface area contributed by atoms with Crippen LogP contribution in [0.25, 0.3) is 6.08 Å². The molecular formula is C36H29Cl2FN2O6. The van der Waals surface area contributed by atoms with Crippen molar-refractivity contribution in [3.05, 3.63) is 99.8 Å². The number of imide groups is 2. The molecule has 1 saturated carbocycles. The first kappa shape index (κ1) is 31.1. The molecular weight excluding hydrogens is 646 g/mol. The highest BCUT2D eigenvalue weighted by Crippen LogP contribution is 2.64. The number of fused-ring (bicyclic) bond motifs is 4. The Labute approximate surface area is 280 Å². The number of carbonyl (C=O) groups is 4. The van der Waals surface area contributed by atoms with Crippen molar-refractivity contribution >= 4 is 64.3 Å². The zero-order chi connectivity index (χ0) is 33.5. The maximum Gasteiger partial charge on any atom is 0.241 e. The largest absolute Gasteiger partial charge is 0.503 e. The maximum absolute atomic E-state index is 14.6. The van der Waals surface area contributed by atoms with Crippen molar-refractivity contribution in [2.45, 2.75) is 25.7 Å². The summed E-state index contributed by atoms with van der Waals surface area (Å²) < 4.78 is 19.5. The SMILES string of the molecule is C=Cc1ccc(N2C(=O)[C@H]3[C@H](CC=C4[C@H]3C[C@H]3C(=O)N(c5ccc(F)c(Cl)c5)C(=O)[C@@]3(C)[C@H]4c3cc(Cl)c(O)c(OC)c3)C2=O)cc1. The highest BCUT2D eigenvalue weighted by Gasteiger charge is 2.67. The standard InChI is InChI=1S/C36H29Cl2FN2O6/c1-4-17-5-7-19(8-6-17)40-32(43)22-11-10-21-23(29(22)34(40)45)16-24-33(44)41(20-9-12-27(39)25(37)15-20)35(46)36(24,2)30(21)18-13-26(38)31(42)28(14-18)47-3/h4-10,12-15,22-24,29-30,42H,1,11,16H2,2-3H3/t22-,23+,24-,29-,30-,36+/m0/s1. The number of nitrogens with zero attached hydrogens (tertiary/aromatic N) is 2. The van der Waals surface area contributed by atoms with Gasteiger partial charge < -0.3 is 9.84 Å². The first-order valence-electron chi connectivity index (χ1n) is 15.1.